The predicted octanol–water partition coefficient (Wildman–Crippen LogP) is 7.13. The minimum Gasteiger partial charge on any atom is -0.493 e. The van der Waals surface area contributed by atoms with Crippen LogP contribution in [0.5, 0.6) is 11.5 Å². The van der Waals surface area contributed by atoms with Gasteiger partial charge in [0.05, 0.1) is 24.3 Å². The lowest BCUT2D eigenvalue weighted by atomic mass is 10.0. The third-order valence-corrected chi connectivity index (χ3v) is 4.68. The van der Waals surface area contributed by atoms with Gasteiger partial charge in [0.15, 0.2) is 17.0 Å². The quantitative estimate of drug-likeness (QED) is 0.198. The van der Waals surface area contributed by atoms with Gasteiger partial charge in [-0.1, -0.05) is 24.6 Å². The van der Waals surface area contributed by atoms with Gasteiger partial charge in [-0.3, -0.25) is 0 Å². The molecule has 0 aliphatic heterocycles. The van der Waals surface area contributed by atoms with Gasteiger partial charge in [0, 0.05) is 12.1 Å². The fourth-order valence-corrected chi connectivity index (χ4v) is 3.28. The number of anilines is 1. The normalized spacial score (nSPS) is 11.9. The summed E-state index contributed by atoms with van der Waals surface area (Å²) in [5.41, 5.74) is -0.575. The van der Waals surface area contributed by atoms with E-state index in [-0.39, 0.29) is 35.5 Å². The van der Waals surface area contributed by atoms with Crippen molar-refractivity contribution < 1.29 is 40.3 Å². The van der Waals surface area contributed by atoms with Gasteiger partial charge in [-0.15, -0.1) is 13.2 Å². The van der Waals surface area contributed by atoms with E-state index < -0.39 is 24.0 Å². The Bertz CT molecular complexity index is 1180. The topological polar surface area (TPSA) is 60.9 Å². The van der Waals surface area contributed by atoms with E-state index in [2.05, 4.69) is 20.1 Å². The monoisotopic (exact) mass is 487 g/mol. The number of hydrogen-bond acceptors (Lipinski definition) is 5. The summed E-state index contributed by atoms with van der Waals surface area (Å²) in [7, 11) is 0. The molecule has 1 aromatic heterocycles. The predicted molar refractivity (Wildman–Crippen MR) is 111 cm³/mol. The molecular formula is C22H19F6N3O3. The van der Waals surface area contributed by atoms with Gasteiger partial charge in [-0.05, 0) is 37.1 Å². The van der Waals surface area contributed by atoms with Gasteiger partial charge < -0.3 is 19.3 Å². The molecule has 2 aromatic carbocycles. The molecule has 34 heavy (non-hydrogen) atoms. The summed E-state index contributed by atoms with van der Waals surface area (Å²) in [6.07, 6.45) is -8.18. The van der Waals surface area contributed by atoms with Crippen LogP contribution < -0.4 is 14.8 Å². The number of benzene rings is 2. The van der Waals surface area contributed by atoms with Crippen LogP contribution in [0.15, 0.2) is 34.9 Å². The molecule has 1 heterocycles. The second kappa shape index (κ2) is 10.1. The van der Waals surface area contributed by atoms with Crippen molar-refractivity contribution in [1.29, 1.82) is 0 Å². The number of alkyl halides is 6. The number of ether oxygens (including phenoxy) is 2. The highest BCUT2D eigenvalue weighted by Gasteiger charge is 2.37. The van der Waals surface area contributed by atoms with Gasteiger partial charge in [-0.2, -0.15) is 13.2 Å². The highest BCUT2D eigenvalue weighted by Crippen LogP contribution is 2.38. The minimum absolute atomic E-state index is 0.00641. The van der Waals surface area contributed by atoms with Gasteiger partial charge in [0.1, 0.15) is 11.5 Å². The SMILES string of the molecule is [C-]#[N+]c1ccc(NCCCOc2ccc3c(C(F)(F)F)noc3c2CCC)c(OC(F)(F)F)c1. The summed E-state index contributed by atoms with van der Waals surface area (Å²) in [5, 5.41) is 5.82. The molecule has 3 rings (SSSR count). The first kappa shape index (κ1) is 25.0. The molecule has 0 saturated carbocycles. The second-order valence-corrected chi connectivity index (χ2v) is 7.17. The molecular weight excluding hydrogens is 468 g/mol. The molecule has 0 aliphatic carbocycles. The Labute approximate surface area is 190 Å². The lowest BCUT2D eigenvalue weighted by molar-refractivity contribution is -0.274. The fourth-order valence-electron chi connectivity index (χ4n) is 3.28. The zero-order chi connectivity index (χ0) is 24.9. The number of fused-ring (bicyclic) bond motifs is 1. The Balaban J connectivity index is 1.66. The van der Waals surface area contributed by atoms with Crippen molar-refractivity contribution in [3.05, 3.63) is 53.0 Å². The van der Waals surface area contributed by atoms with E-state index in [1.165, 1.54) is 24.3 Å². The number of rotatable bonds is 9. The Morgan fingerprint density at radius 2 is 1.85 bits per heavy atom. The second-order valence-electron chi connectivity index (χ2n) is 7.17. The molecule has 0 aliphatic rings. The zero-order valence-corrected chi connectivity index (χ0v) is 17.8. The lowest BCUT2D eigenvalue weighted by Gasteiger charge is -2.15. The van der Waals surface area contributed by atoms with E-state index >= 15 is 0 Å². The molecule has 12 heteroatoms. The average Bonchev–Trinajstić information content (AvgIpc) is 3.19. The number of nitrogens with zero attached hydrogens (tertiary/aromatic N) is 2. The molecule has 0 amide bonds. The first-order valence-electron chi connectivity index (χ1n) is 10.2. The van der Waals surface area contributed by atoms with Crippen LogP contribution in [0.1, 0.15) is 31.0 Å². The van der Waals surface area contributed by atoms with Gasteiger partial charge in [0.25, 0.3) is 0 Å². The molecule has 0 atom stereocenters. The standard InChI is InChI=1S/C22H19F6N3O3/c1-3-5-14-17(9-7-15-19(14)34-31-20(15)21(23,24)25)32-11-4-10-30-16-8-6-13(29-2)12-18(16)33-22(26,27)28/h6-9,12,30H,3-5,10-11H2,1H3. The largest absolute Gasteiger partial charge is 0.573 e. The van der Waals surface area contributed by atoms with Crippen molar-refractivity contribution in [1.82, 2.24) is 5.16 Å². The first-order chi connectivity index (χ1) is 16.0. The Kier molecular flexibility index (Phi) is 7.44. The maximum absolute atomic E-state index is 13.1. The first-order valence-corrected chi connectivity index (χ1v) is 10.2. The fraction of sp³-hybridized carbons (Fsp3) is 0.364. The van der Waals surface area contributed by atoms with Crippen LogP contribution >= 0.6 is 0 Å². The molecule has 0 bridgehead atoms. The molecule has 3 aromatic rings. The average molecular weight is 487 g/mol. The Morgan fingerprint density at radius 1 is 1.09 bits per heavy atom. The smallest absolute Gasteiger partial charge is 0.493 e. The minimum atomic E-state index is -4.92. The molecule has 6 nitrogen and oxygen atoms in total. The van der Waals surface area contributed by atoms with Crippen LogP contribution in [0.4, 0.5) is 37.7 Å². The molecule has 1 N–H and O–H groups in total. The van der Waals surface area contributed by atoms with E-state index in [9.17, 15) is 26.3 Å². The van der Waals surface area contributed by atoms with Crippen LogP contribution in [-0.2, 0) is 12.6 Å². The van der Waals surface area contributed by atoms with Crippen molar-refractivity contribution in [3.63, 3.8) is 0 Å². The molecule has 0 saturated heterocycles. The highest BCUT2D eigenvalue weighted by atomic mass is 19.4. The van der Waals surface area contributed by atoms with E-state index in [0.717, 1.165) is 6.07 Å². The van der Waals surface area contributed by atoms with Crippen molar-refractivity contribution in [2.24, 2.45) is 0 Å². The van der Waals surface area contributed by atoms with E-state index in [0.29, 0.717) is 30.6 Å². The summed E-state index contributed by atoms with van der Waals surface area (Å²) in [5.74, 6) is -0.176. The van der Waals surface area contributed by atoms with Gasteiger partial charge in [-0.25, -0.2) is 4.85 Å². The third-order valence-electron chi connectivity index (χ3n) is 4.68. The van der Waals surface area contributed by atoms with Crippen molar-refractivity contribution in [2.75, 3.05) is 18.5 Å². The van der Waals surface area contributed by atoms with Gasteiger partial charge in [0.2, 0.25) is 0 Å². The van der Waals surface area contributed by atoms with Crippen molar-refractivity contribution >= 4 is 22.3 Å². The van der Waals surface area contributed by atoms with Crippen molar-refractivity contribution in [3.8, 4) is 11.5 Å². The molecule has 0 spiro atoms. The summed E-state index contributed by atoms with van der Waals surface area (Å²) >= 11 is 0. The Hall–Kier alpha value is -3.62. The molecule has 182 valence electrons. The number of halogens is 6. The van der Waals surface area contributed by atoms with Crippen LogP contribution in [0.25, 0.3) is 15.8 Å². The summed E-state index contributed by atoms with van der Waals surface area (Å²) < 4.78 is 91.9. The molecule has 0 radical (unpaired) electrons. The molecule has 0 fully saturated rings. The van der Waals surface area contributed by atoms with Crippen LogP contribution in [0.2, 0.25) is 0 Å². The maximum atomic E-state index is 13.1. The van der Waals surface area contributed by atoms with E-state index in [4.69, 9.17) is 15.8 Å². The third kappa shape index (κ3) is 6.03. The maximum Gasteiger partial charge on any atom is 0.573 e. The number of nitrogens with one attached hydrogen (secondary N) is 1. The highest BCUT2D eigenvalue weighted by molar-refractivity contribution is 5.85. The number of aryl methyl sites for hydroxylation is 1. The van der Waals surface area contributed by atoms with E-state index in [1.54, 1.807) is 0 Å². The van der Waals surface area contributed by atoms with E-state index in [1.807, 2.05) is 6.92 Å². The number of hydrogen-bond donors (Lipinski definition) is 1. The van der Waals surface area contributed by atoms with Crippen LogP contribution in [0, 0.1) is 6.57 Å². The Morgan fingerprint density at radius 3 is 2.50 bits per heavy atom. The lowest BCUT2D eigenvalue weighted by Crippen LogP contribution is -2.18. The molecule has 0 unspecified atom stereocenters. The van der Waals surface area contributed by atoms with Crippen molar-refractivity contribution in [2.45, 2.75) is 38.7 Å². The summed E-state index contributed by atoms with van der Waals surface area (Å²) in [6.45, 7) is 9.12. The summed E-state index contributed by atoms with van der Waals surface area (Å²) in [4.78, 5) is 3.09. The summed E-state index contributed by atoms with van der Waals surface area (Å²) in [6, 6.07) is 6.31. The van der Waals surface area contributed by atoms with Crippen LogP contribution in [0.3, 0.4) is 0 Å². The zero-order valence-electron chi connectivity index (χ0n) is 17.8. The number of aromatic nitrogens is 1. The van der Waals surface area contributed by atoms with Crippen LogP contribution in [-0.4, -0.2) is 24.7 Å². The van der Waals surface area contributed by atoms with Gasteiger partial charge >= 0.3 is 12.5 Å².